The van der Waals surface area contributed by atoms with Crippen LogP contribution < -0.4 is 26.0 Å². The topological polar surface area (TPSA) is 170 Å². The number of imide groups is 2. The van der Waals surface area contributed by atoms with E-state index in [-0.39, 0.29) is 52.9 Å². The van der Waals surface area contributed by atoms with Gasteiger partial charge in [-0.1, -0.05) is 65.0 Å². The van der Waals surface area contributed by atoms with Crippen molar-refractivity contribution in [1.82, 2.24) is 15.5 Å². The Bertz CT molecular complexity index is 2040. The predicted molar refractivity (Wildman–Crippen MR) is 214 cm³/mol. The highest BCUT2D eigenvalue weighted by molar-refractivity contribution is 6.31. The van der Waals surface area contributed by atoms with Crippen LogP contribution in [-0.4, -0.2) is 65.7 Å². The maximum Gasteiger partial charge on any atom is 0.262 e. The van der Waals surface area contributed by atoms with Gasteiger partial charge in [0.05, 0.1) is 21.7 Å². The van der Waals surface area contributed by atoms with Gasteiger partial charge in [0.1, 0.15) is 24.0 Å². The van der Waals surface area contributed by atoms with E-state index in [1.165, 1.54) is 0 Å². The van der Waals surface area contributed by atoms with Crippen molar-refractivity contribution in [3.05, 3.63) is 87.9 Å². The van der Waals surface area contributed by atoms with Gasteiger partial charge >= 0.3 is 0 Å². The Hall–Kier alpha value is -5.41. The van der Waals surface area contributed by atoms with E-state index in [4.69, 9.17) is 16.3 Å². The van der Waals surface area contributed by atoms with Crippen molar-refractivity contribution < 1.29 is 28.7 Å². The van der Waals surface area contributed by atoms with Gasteiger partial charge in [0.15, 0.2) is 0 Å². The first-order valence-corrected chi connectivity index (χ1v) is 19.7. The monoisotopic (exact) mass is 780 g/mol. The fourth-order valence-electron chi connectivity index (χ4n) is 8.55. The second-order valence-electron chi connectivity index (χ2n) is 16.1. The van der Waals surface area contributed by atoms with E-state index in [2.05, 4.69) is 55.0 Å². The summed E-state index contributed by atoms with van der Waals surface area (Å²) in [7, 11) is 0. The molecule has 2 fully saturated rings. The highest BCUT2D eigenvalue weighted by Crippen LogP contribution is 2.55. The van der Waals surface area contributed by atoms with Crippen molar-refractivity contribution in [3.63, 3.8) is 0 Å². The van der Waals surface area contributed by atoms with Gasteiger partial charge in [0, 0.05) is 59.4 Å². The van der Waals surface area contributed by atoms with Gasteiger partial charge in [-0.2, -0.15) is 5.26 Å². The van der Waals surface area contributed by atoms with Crippen molar-refractivity contribution in [1.29, 1.82) is 5.26 Å². The molecule has 0 aromatic heterocycles. The Labute approximate surface area is 332 Å². The van der Waals surface area contributed by atoms with Crippen molar-refractivity contribution in [2.75, 3.05) is 23.7 Å². The van der Waals surface area contributed by atoms with E-state index >= 15 is 0 Å². The summed E-state index contributed by atoms with van der Waals surface area (Å²) in [6.45, 7) is 9.90. The second-order valence-corrected chi connectivity index (χ2v) is 16.5. The standard InChI is InChI=1S/C43H49ClN6O6/c1-42(2)40(43(3,4)41(42)56-30-17-13-27(25-45)33(44)24-30)49-36(52)26-11-14-28(15-12-26)46-21-9-7-5-6-8-10-22-47-29-16-18-31-32(23-29)39(55)50(38(31)54)34-19-20-35(51)48-37(34)53/h11-18,23-24,34,40-41,46-47H,5-10,19-22H2,1-4H3,(H,49,52)(H,48,51,53)/t34?,40-,41-. The summed E-state index contributed by atoms with van der Waals surface area (Å²) in [5, 5.41) is 21.8. The Balaban J connectivity index is 0.849. The molecule has 0 radical (unpaired) electrons. The number of rotatable bonds is 16. The van der Waals surface area contributed by atoms with Gasteiger partial charge in [-0.05, 0) is 73.9 Å². The van der Waals surface area contributed by atoms with Crippen LogP contribution in [0.1, 0.15) is 116 Å². The molecule has 1 atom stereocenters. The summed E-state index contributed by atoms with van der Waals surface area (Å²) in [5.41, 5.74) is 2.54. The largest absolute Gasteiger partial charge is 0.489 e. The average molecular weight is 781 g/mol. The fraction of sp³-hybridized carbons (Fsp3) is 0.442. The molecule has 3 aromatic carbocycles. The molecule has 1 saturated carbocycles. The number of fused-ring (bicyclic) bond motifs is 1. The molecule has 3 aromatic rings. The third-order valence-electron chi connectivity index (χ3n) is 11.3. The van der Waals surface area contributed by atoms with Crippen LogP contribution in [-0.2, 0) is 9.59 Å². The van der Waals surface area contributed by atoms with Crippen LogP contribution in [0.2, 0.25) is 5.02 Å². The number of hydrogen-bond acceptors (Lipinski definition) is 9. The minimum Gasteiger partial charge on any atom is -0.489 e. The smallest absolute Gasteiger partial charge is 0.262 e. The summed E-state index contributed by atoms with van der Waals surface area (Å²) in [5.74, 6) is -1.57. The second kappa shape index (κ2) is 16.8. The van der Waals surface area contributed by atoms with Crippen LogP contribution in [0.25, 0.3) is 0 Å². The molecule has 1 unspecified atom stereocenters. The number of unbranched alkanes of at least 4 members (excludes halogenated alkanes) is 5. The molecule has 0 bridgehead atoms. The van der Waals surface area contributed by atoms with Crippen molar-refractivity contribution in [2.24, 2.45) is 10.8 Å². The first kappa shape index (κ1) is 40.3. The molecule has 3 aliphatic rings. The summed E-state index contributed by atoms with van der Waals surface area (Å²) >= 11 is 6.22. The molecule has 2 heterocycles. The van der Waals surface area contributed by atoms with Gasteiger partial charge in [-0.3, -0.25) is 34.2 Å². The number of ether oxygens (including phenoxy) is 1. The third kappa shape index (κ3) is 8.38. The van der Waals surface area contributed by atoms with Gasteiger partial charge in [0.25, 0.3) is 17.7 Å². The quantitative estimate of drug-likeness (QED) is 0.0876. The van der Waals surface area contributed by atoms with E-state index in [9.17, 15) is 29.2 Å². The number of benzene rings is 3. The van der Waals surface area contributed by atoms with Crippen LogP contribution in [0.3, 0.4) is 0 Å². The zero-order valence-corrected chi connectivity index (χ0v) is 33.1. The lowest BCUT2D eigenvalue weighted by atomic mass is 9.49. The molecule has 294 valence electrons. The highest BCUT2D eigenvalue weighted by Gasteiger charge is 2.64. The Morgan fingerprint density at radius 3 is 2.07 bits per heavy atom. The maximum atomic E-state index is 13.3. The molecule has 1 aliphatic carbocycles. The average Bonchev–Trinajstić information content (AvgIpc) is 3.41. The molecule has 2 aliphatic heterocycles. The normalized spacial score (nSPS) is 20.7. The Kier molecular flexibility index (Phi) is 12.0. The third-order valence-corrected chi connectivity index (χ3v) is 11.6. The summed E-state index contributed by atoms with van der Waals surface area (Å²) in [6, 6.07) is 18.6. The van der Waals surface area contributed by atoms with Crippen LogP contribution in [0, 0.1) is 22.2 Å². The lowest BCUT2D eigenvalue weighted by Crippen LogP contribution is -2.74. The van der Waals surface area contributed by atoms with Crippen molar-refractivity contribution in [3.8, 4) is 11.8 Å². The van der Waals surface area contributed by atoms with E-state index in [1.54, 1.807) is 36.4 Å². The summed E-state index contributed by atoms with van der Waals surface area (Å²) in [4.78, 5) is 64.0. The van der Waals surface area contributed by atoms with Crippen molar-refractivity contribution in [2.45, 2.75) is 97.2 Å². The maximum absolute atomic E-state index is 13.3. The number of halogens is 1. The van der Waals surface area contributed by atoms with Gasteiger partial charge in [-0.25, -0.2) is 0 Å². The van der Waals surface area contributed by atoms with E-state index in [0.29, 0.717) is 21.9 Å². The molecule has 1 saturated heterocycles. The summed E-state index contributed by atoms with van der Waals surface area (Å²) < 4.78 is 6.34. The minimum absolute atomic E-state index is 0.0878. The van der Waals surface area contributed by atoms with Crippen LogP contribution in [0.5, 0.6) is 5.75 Å². The zero-order valence-electron chi connectivity index (χ0n) is 32.3. The number of amides is 5. The fourth-order valence-corrected chi connectivity index (χ4v) is 8.77. The number of carbonyl (C=O) groups excluding carboxylic acids is 5. The molecular weight excluding hydrogens is 732 g/mol. The zero-order chi connectivity index (χ0) is 40.2. The number of nitriles is 1. The molecular formula is C43H49ClN6O6. The van der Waals surface area contributed by atoms with Crippen LogP contribution in [0.15, 0.2) is 60.7 Å². The predicted octanol–water partition coefficient (Wildman–Crippen LogP) is 7.09. The number of carbonyl (C=O) groups is 5. The highest BCUT2D eigenvalue weighted by atomic mass is 35.5. The van der Waals surface area contributed by atoms with E-state index in [0.717, 1.165) is 67.9 Å². The molecule has 5 amide bonds. The molecule has 12 nitrogen and oxygen atoms in total. The number of piperidine rings is 1. The first-order valence-electron chi connectivity index (χ1n) is 19.3. The van der Waals surface area contributed by atoms with Crippen LogP contribution in [0.4, 0.5) is 11.4 Å². The van der Waals surface area contributed by atoms with E-state index < -0.39 is 29.7 Å². The molecule has 0 spiro atoms. The first-order chi connectivity index (χ1) is 26.7. The minimum atomic E-state index is -0.973. The molecule has 56 heavy (non-hydrogen) atoms. The Morgan fingerprint density at radius 2 is 1.45 bits per heavy atom. The lowest BCUT2D eigenvalue weighted by Gasteiger charge is -2.63. The number of hydrogen-bond donors (Lipinski definition) is 4. The lowest BCUT2D eigenvalue weighted by molar-refractivity contribution is -0.164. The van der Waals surface area contributed by atoms with Crippen LogP contribution >= 0.6 is 11.6 Å². The molecule has 6 rings (SSSR count). The van der Waals surface area contributed by atoms with Crippen molar-refractivity contribution >= 4 is 52.5 Å². The summed E-state index contributed by atoms with van der Waals surface area (Å²) in [6.07, 6.45) is 6.41. The Morgan fingerprint density at radius 1 is 0.839 bits per heavy atom. The number of anilines is 2. The molecule has 13 heteroatoms. The van der Waals surface area contributed by atoms with Gasteiger partial charge in [-0.15, -0.1) is 0 Å². The van der Waals surface area contributed by atoms with Gasteiger partial charge < -0.3 is 20.7 Å². The number of nitrogens with zero attached hydrogens (tertiary/aromatic N) is 2. The van der Waals surface area contributed by atoms with E-state index in [1.807, 2.05) is 24.3 Å². The van der Waals surface area contributed by atoms with Gasteiger partial charge in [0.2, 0.25) is 11.8 Å². The number of nitrogens with one attached hydrogen (secondary N) is 4. The molecule has 4 N–H and O–H groups in total. The SMILES string of the molecule is CC1(C)[C@H](NC(=O)c2ccc(NCCCCCCCCNc3ccc4c(c3)C(=O)N(C3CCC(=O)NC3=O)C4=O)cc2)C(C)(C)[C@H]1Oc1ccc(C#N)c(Cl)c1.